The van der Waals surface area contributed by atoms with Gasteiger partial charge in [0.05, 0.1) is 22.1 Å². The predicted octanol–water partition coefficient (Wildman–Crippen LogP) is 5.73. The predicted molar refractivity (Wildman–Crippen MR) is 87.6 cm³/mol. The topological polar surface area (TPSA) is 17.3 Å². The van der Waals surface area contributed by atoms with Crippen LogP contribution in [0, 0.1) is 6.92 Å². The smallest absolute Gasteiger partial charge is 0.305 e. The lowest BCUT2D eigenvalue weighted by Crippen LogP contribution is -2.11. The van der Waals surface area contributed by atoms with Gasteiger partial charge in [0.2, 0.25) is 0 Å². The maximum atomic E-state index is 13.6. The number of aryl methyl sites for hydroxylation is 1. The number of fused-ring (bicyclic) bond motifs is 5. The van der Waals surface area contributed by atoms with Crippen molar-refractivity contribution in [1.29, 1.82) is 0 Å². The van der Waals surface area contributed by atoms with Crippen molar-refractivity contribution in [3.05, 3.63) is 58.2 Å². The first-order valence-corrected chi connectivity index (χ1v) is 7.73. The Labute approximate surface area is 137 Å². The summed E-state index contributed by atoms with van der Waals surface area (Å²) >= 11 is 3.30. The first-order chi connectivity index (χ1) is 10.9. The van der Waals surface area contributed by atoms with Gasteiger partial charge in [0.15, 0.2) is 5.69 Å². The standard InChI is InChI=1S/C17H10BrF3N2/c1-9-11-4-2-3-5-13(11)23-14-7-6-10(18)8-12(14)22-16(15(9)23)17(19,20)21/h2-8H,1H3. The Morgan fingerprint density at radius 1 is 1.04 bits per heavy atom. The number of nitrogens with zero attached hydrogens (tertiary/aromatic N) is 2. The SMILES string of the molecule is Cc1c2ccccc2n2c1c(C(F)(F)F)nc1cc(Br)ccc12. The number of aromatic nitrogens is 2. The summed E-state index contributed by atoms with van der Waals surface area (Å²) in [6, 6.07) is 12.5. The number of rotatable bonds is 0. The Morgan fingerprint density at radius 2 is 1.78 bits per heavy atom. The molecule has 116 valence electrons. The van der Waals surface area contributed by atoms with Crippen molar-refractivity contribution < 1.29 is 13.2 Å². The van der Waals surface area contributed by atoms with E-state index in [1.165, 1.54) is 0 Å². The number of benzene rings is 2. The van der Waals surface area contributed by atoms with E-state index in [0.29, 0.717) is 21.1 Å². The van der Waals surface area contributed by atoms with Gasteiger partial charge in [0, 0.05) is 9.86 Å². The van der Waals surface area contributed by atoms with Crippen molar-refractivity contribution in [3.8, 4) is 0 Å². The molecule has 0 unspecified atom stereocenters. The number of alkyl halides is 3. The third-order valence-electron chi connectivity index (χ3n) is 4.03. The van der Waals surface area contributed by atoms with Crippen molar-refractivity contribution in [3.63, 3.8) is 0 Å². The molecule has 0 N–H and O–H groups in total. The van der Waals surface area contributed by atoms with E-state index in [-0.39, 0.29) is 5.52 Å². The molecule has 0 amide bonds. The number of hydrogen-bond acceptors (Lipinski definition) is 1. The Hall–Kier alpha value is -2.08. The van der Waals surface area contributed by atoms with Crippen LogP contribution in [0.3, 0.4) is 0 Å². The first kappa shape index (κ1) is 14.5. The summed E-state index contributed by atoms with van der Waals surface area (Å²) in [5.74, 6) is 0. The van der Waals surface area contributed by atoms with E-state index >= 15 is 0 Å². The highest BCUT2D eigenvalue weighted by molar-refractivity contribution is 9.10. The molecular weight excluding hydrogens is 369 g/mol. The van der Waals surface area contributed by atoms with Gasteiger partial charge in [-0.2, -0.15) is 13.2 Å². The van der Waals surface area contributed by atoms with Crippen LogP contribution in [0.5, 0.6) is 0 Å². The number of hydrogen-bond donors (Lipinski definition) is 0. The van der Waals surface area contributed by atoms with E-state index in [0.717, 1.165) is 10.9 Å². The van der Waals surface area contributed by atoms with E-state index in [1.54, 1.807) is 29.5 Å². The molecule has 2 aromatic carbocycles. The molecule has 0 atom stereocenters. The fourth-order valence-electron chi connectivity index (χ4n) is 3.08. The maximum Gasteiger partial charge on any atom is 0.435 e. The third kappa shape index (κ3) is 2.05. The van der Waals surface area contributed by atoms with Gasteiger partial charge in [0.1, 0.15) is 0 Å². The molecule has 2 heterocycles. The van der Waals surface area contributed by atoms with E-state index in [4.69, 9.17) is 0 Å². The molecule has 0 saturated heterocycles. The highest BCUT2D eigenvalue weighted by atomic mass is 79.9. The molecule has 0 fully saturated rings. The minimum Gasteiger partial charge on any atom is -0.305 e. The van der Waals surface area contributed by atoms with Gasteiger partial charge in [-0.25, -0.2) is 4.98 Å². The summed E-state index contributed by atoms with van der Waals surface area (Å²) < 4.78 is 43.0. The van der Waals surface area contributed by atoms with Gasteiger partial charge in [-0.3, -0.25) is 0 Å². The molecule has 2 aromatic heterocycles. The highest BCUT2D eigenvalue weighted by Gasteiger charge is 2.37. The molecule has 0 aliphatic heterocycles. The van der Waals surface area contributed by atoms with Crippen LogP contribution in [-0.4, -0.2) is 9.38 Å². The molecule has 0 saturated carbocycles. The van der Waals surface area contributed by atoms with Crippen molar-refractivity contribution >= 4 is 43.4 Å². The highest BCUT2D eigenvalue weighted by Crippen LogP contribution is 2.38. The van der Waals surface area contributed by atoms with Crippen molar-refractivity contribution in [2.45, 2.75) is 13.1 Å². The molecule has 6 heteroatoms. The zero-order chi connectivity index (χ0) is 16.4. The number of halogens is 4. The van der Waals surface area contributed by atoms with Crippen LogP contribution < -0.4 is 0 Å². The average molecular weight is 379 g/mol. The first-order valence-electron chi connectivity index (χ1n) is 6.94. The van der Waals surface area contributed by atoms with Crippen molar-refractivity contribution in [2.75, 3.05) is 0 Å². The van der Waals surface area contributed by atoms with Crippen LogP contribution in [0.2, 0.25) is 0 Å². The molecular formula is C17H10BrF3N2. The molecule has 2 nitrogen and oxygen atoms in total. The largest absolute Gasteiger partial charge is 0.435 e. The maximum absolute atomic E-state index is 13.6. The molecule has 0 bridgehead atoms. The van der Waals surface area contributed by atoms with Gasteiger partial charge in [-0.1, -0.05) is 34.1 Å². The molecule has 0 spiro atoms. The summed E-state index contributed by atoms with van der Waals surface area (Å²) in [6.07, 6.45) is -4.52. The van der Waals surface area contributed by atoms with Crippen LogP contribution in [0.4, 0.5) is 13.2 Å². The van der Waals surface area contributed by atoms with Gasteiger partial charge >= 0.3 is 6.18 Å². The van der Waals surface area contributed by atoms with Crippen molar-refractivity contribution in [2.24, 2.45) is 0 Å². The summed E-state index contributed by atoms with van der Waals surface area (Å²) in [5, 5.41) is 0.801. The normalized spacial score (nSPS) is 12.6. The van der Waals surface area contributed by atoms with E-state index < -0.39 is 11.9 Å². The van der Waals surface area contributed by atoms with Gasteiger partial charge in [-0.15, -0.1) is 0 Å². The lowest BCUT2D eigenvalue weighted by Gasteiger charge is -2.12. The quantitative estimate of drug-likeness (QED) is 0.381. The van der Waals surface area contributed by atoms with Crippen molar-refractivity contribution in [1.82, 2.24) is 9.38 Å². The summed E-state index contributed by atoms with van der Waals surface area (Å²) in [5.41, 5.74) is 1.57. The second-order valence-electron chi connectivity index (χ2n) is 5.42. The van der Waals surface area contributed by atoms with Crippen LogP contribution in [-0.2, 0) is 6.18 Å². The Balaban J connectivity index is 2.37. The fourth-order valence-corrected chi connectivity index (χ4v) is 3.43. The average Bonchev–Trinajstić information content (AvgIpc) is 2.79. The molecule has 0 radical (unpaired) electrons. The zero-order valence-corrected chi connectivity index (χ0v) is 13.5. The van der Waals surface area contributed by atoms with E-state index in [1.807, 2.05) is 24.3 Å². The monoisotopic (exact) mass is 378 g/mol. The minimum atomic E-state index is -4.52. The van der Waals surface area contributed by atoms with Crippen LogP contribution >= 0.6 is 15.9 Å². The second kappa shape index (κ2) is 4.71. The Morgan fingerprint density at radius 3 is 2.52 bits per heavy atom. The molecule has 0 aliphatic carbocycles. The van der Waals surface area contributed by atoms with E-state index in [9.17, 15) is 13.2 Å². The molecule has 0 aliphatic rings. The summed E-state index contributed by atoms with van der Waals surface area (Å²) in [7, 11) is 0. The van der Waals surface area contributed by atoms with Gasteiger partial charge in [-0.05, 0) is 36.8 Å². The van der Waals surface area contributed by atoms with Crippen LogP contribution in [0.15, 0.2) is 46.9 Å². The third-order valence-corrected chi connectivity index (χ3v) is 4.52. The summed E-state index contributed by atoms with van der Waals surface area (Å²) in [6.45, 7) is 1.71. The van der Waals surface area contributed by atoms with E-state index in [2.05, 4.69) is 20.9 Å². The Kier molecular flexibility index (Phi) is 2.97. The summed E-state index contributed by atoms with van der Waals surface area (Å²) in [4.78, 5) is 3.92. The second-order valence-corrected chi connectivity index (χ2v) is 6.33. The Bertz CT molecular complexity index is 1080. The molecule has 4 rings (SSSR count). The molecule has 23 heavy (non-hydrogen) atoms. The minimum absolute atomic E-state index is 0.119. The number of para-hydroxylation sites is 1. The fraction of sp³-hybridized carbons (Fsp3) is 0.118. The van der Waals surface area contributed by atoms with Crippen LogP contribution in [0.25, 0.3) is 27.5 Å². The lowest BCUT2D eigenvalue weighted by molar-refractivity contribution is -0.139. The van der Waals surface area contributed by atoms with Crippen LogP contribution in [0.1, 0.15) is 11.3 Å². The lowest BCUT2D eigenvalue weighted by atomic mass is 10.1. The van der Waals surface area contributed by atoms with Gasteiger partial charge < -0.3 is 4.40 Å². The zero-order valence-electron chi connectivity index (χ0n) is 11.9. The molecule has 4 aromatic rings. The van der Waals surface area contributed by atoms with Gasteiger partial charge in [0.25, 0.3) is 0 Å².